The van der Waals surface area contributed by atoms with Gasteiger partial charge >= 0.3 is 0 Å². The van der Waals surface area contributed by atoms with Crippen molar-refractivity contribution >= 4 is 0 Å². The van der Waals surface area contributed by atoms with E-state index in [0.29, 0.717) is 0 Å². The molecule has 0 aromatic heterocycles. The van der Waals surface area contributed by atoms with Crippen molar-refractivity contribution in [3.8, 4) is 0 Å². The van der Waals surface area contributed by atoms with E-state index in [1.54, 1.807) is 0 Å². The molecule has 2 unspecified atom stereocenters. The summed E-state index contributed by atoms with van der Waals surface area (Å²) in [4.78, 5) is 0. The second-order valence-electron chi connectivity index (χ2n) is 4.18. The van der Waals surface area contributed by atoms with E-state index < -0.39 is 0 Å². The molecule has 0 radical (unpaired) electrons. The summed E-state index contributed by atoms with van der Waals surface area (Å²) in [6.07, 6.45) is 2.52. The highest BCUT2D eigenvalue weighted by Gasteiger charge is 2.56. The van der Waals surface area contributed by atoms with Crippen LogP contribution in [0.2, 0.25) is 0 Å². The van der Waals surface area contributed by atoms with Crippen LogP contribution < -0.4 is 0 Å². The molecule has 0 aliphatic heterocycles. The van der Waals surface area contributed by atoms with Crippen molar-refractivity contribution in [2.75, 3.05) is 0 Å². The molecule has 0 saturated heterocycles. The number of fused-ring (bicyclic) bond motifs is 1. The molecule has 0 aromatic carbocycles. The third kappa shape index (κ3) is 0.654. The van der Waals surface area contributed by atoms with E-state index in [-0.39, 0.29) is 5.41 Å². The van der Waals surface area contributed by atoms with Gasteiger partial charge in [-0.2, -0.15) is 0 Å². The first-order valence-electron chi connectivity index (χ1n) is 4.49. The number of hydrogen-bond donors (Lipinski definition) is 0. The van der Waals surface area contributed by atoms with Gasteiger partial charge in [-0.3, -0.25) is 0 Å². The van der Waals surface area contributed by atoms with Crippen molar-refractivity contribution in [2.24, 2.45) is 17.3 Å². The maximum absolute atomic E-state index is 4.19. The second-order valence-corrected chi connectivity index (χ2v) is 4.18. The molecule has 11 heavy (non-hydrogen) atoms. The predicted molar refractivity (Wildman–Crippen MR) is 48.3 cm³/mol. The second kappa shape index (κ2) is 1.80. The molecular weight excluding hydrogens is 132 g/mol. The molecule has 60 valence electrons. The molecule has 2 fully saturated rings. The molecule has 0 bridgehead atoms. The first-order chi connectivity index (χ1) is 5.11. The van der Waals surface area contributed by atoms with Gasteiger partial charge in [-0.15, -0.1) is 0 Å². The van der Waals surface area contributed by atoms with Gasteiger partial charge in [-0.25, -0.2) is 0 Å². The van der Waals surface area contributed by atoms with Crippen molar-refractivity contribution in [1.29, 1.82) is 0 Å². The summed E-state index contributed by atoms with van der Waals surface area (Å²) in [5, 5.41) is 0. The highest BCUT2D eigenvalue weighted by atomic mass is 14.6. The van der Waals surface area contributed by atoms with Crippen molar-refractivity contribution in [3.63, 3.8) is 0 Å². The Morgan fingerprint density at radius 2 is 1.82 bits per heavy atom. The molecule has 0 N–H and O–H groups in total. The van der Waals surface area contributed by atoms with Crippen LogP contribution in [0.25, 0.3) is 0 Å². The topological polar surface area (TPSA) is 0 Å². The van der Waals surface area contributed by atoms with Crippen LogP contribution in [0.3, 0.4) is 0 Å². The van der Waals surface area contributed by atoms with Crippen molar-refractivity contribution in [1.82, 2.24) is 0 Å². The monoisotopic (exact) mass is 148 g/mol. The summed E-state index contributed by atoms with van der Waals surface area (Å²) in [6.45, 7) is 12.9. The van der Waals surface area contributed by atoms with E-state index in [2.05, 4.69) is 27.0 Å². The van der Waals surface area contributed by atoms with Gasteiger partial charge in [0.25, 0.3) is 0 Å². The Balaban J connectivity index is 2.36. The zero-order valence-electron chi connectivity index (χ0n) is 7.48. The van der Waals surface area contributed by atoms with Crippen molar-refractivity contribution < 1.29 is 0 Å². The third-order valence-corrected chi connectivity index (χ3v) is 3.81. The van der Waals surface area contributed by atoms with Crippen LogP contribution in [0.4, 0.5) is 0 Å². The Bertz CT molecular complexity index is 214. The number of allylic oxidation sites excluding steroid dienone is 2. The number of rotatable bonds is 1. The van der Waals surface area contributed by atoms with Gasteiger partial charge in [0.15, 0.2) is 0 Å². The summed E-state index contributed by atoms with van der Waals surface area (Å²) in [5.41, 5.74) is 3.19. The van der Waals surface area contributed by atoms with Crippen LogP contribution in [0.5, 0.6) is 0 Å². The van der Waals surface area contributed by atoms with Crippen LogP contribution in [0.15, 0.2) is 24.3 Å². The molecule has 2 aliphatic carbocycles. The van der Waals surface area contributed by atoms with E-state index in [1.165, 1.54) is 24.0 Å². The molecule has 2 atom stereocenters. The average molecular weight is 148 g/mol. The van der Waals surface area contributed by atoms with Crippen LogP contribution in [-0.2, 0) is 0 Å². The molecular formula is C11H16. The Morgan fingerprint density at radius 1 is 1.36 bits per heavy atom. The minimum atomic E-state index is 0.285. The van der Waals surface area contributed by atoms with E-state index in [0.717, 1.165) is 11.8 Å². The lowest BCUT2D eigenvalue weighted by atomic mass is 9.76. The van der Waals surface area contributed by atoms with Gasteiger partial charge in [-0.1, -0.05) is 38.2 Å². The van der Waals surface area contributed by atoms with Gasteiger partial charge in [0.2, 0.25) is 0 Å². The highest BCUT2D eigenvalue weighted by molar-refractivity contribution is 5.43. The lowest BCUT2D eigenvalue weighted by Crippen LogP contribution is -2.16. The average Bonchev–Trinajstić information content (AvgIpc) is 2.75. The Morgan fingerprint density at radius 3 is 2.09 bits per heavy atom. The Kier molecular flexibility index (Phi) is 1.17. The van der Waals surface area contributed by atoms with Gasteiger partial charge in [-0.05, 0) is 24.7 Å². The van der Waals surface area contributed by atoms with Gasteiger partial charge in [0, 0.05) is 5.41 Å². The SMILES string of the molecule is C=C1C2CC2C(=C)C1(C)CC. The van der Waals surface area contributed by atoms with Gasteiger partial charge < -0.3 is 0 Å². The summed E-state index contributed by atoms with van der Waals surface area (Å²) >= 11 is 0. The molecule has 2 aliphatic rings. The fourth-order valence-electron chi connectivity index (χ4n) is 2.44. The van der Waals surface area contributed by atoms with E-state index in [9.17, 15) is 0 Å². The Hall–Kier alpha value is -0.520. The first kappa shape index (κ1) is 7.15. The smallest absolute Gasteiger partial charge is 0.00902 e. The minimum Gasteiger partial charge on any atom is -0.0987 e. The molecule has 0 amide bonds. The zero-order valence-corrected chi connectivity index (χ0v) is 7.48. The molecule has 0 heteroatoms. The minimum absolute atomic E-state index is 0.285. The van der Waals surface area contributed by atoms with Crippen LogP contribution >= 0.6 is 0 Å². The summed E-state index contributed by atoms with van der Waals surface area (Å²) < 4.78 is 0. The quantitative estimate of drug-likeness (QED) is 0.501. The predicted octanol–water partition coefficient (Wildman–Crippen LogP) is 3.16. The van der Waals surface area contributed by atoms with Gasteiger partial charge in [0.05, 0.1) is 0 Å². The molecule has 2 rings (SSSR count). The van der Waals surface area contributed by atoms with E-state index >= 15 is 0 Å². The van der Waals surface area contributed by atoms with E-state index in [1.807, 2.05) is 0 Å². The fourth-order valence-corrected chi connectivity index (χ4v) is 2.44. The van der Waals surface area contributed by atoms with Gasteiger partial charge in [0.1, 0.15) is 0 Å². The van der Waals surface area contributed by atoms with Crippen LogP contribution in [0, 0.1) is 17.3 Å². The maximum atomic E-state index is 4.19. The molecule has 0 nitrogen and oxygen atoms in total. The number of hydrogen-bond acceptors (Lipinski definition) is 0. The Labute approximate surface area is 69.0 Å². The molecule has 0 spiro atoms. The third-order valence-electron chi connectivity index (χ3n) is 3.81. The standard InChI is InChI=1S/C11H16/c1-5-11(4)7(2)9-6-10(9)8(11)3/h9-10H,2-3,5-6H2,1,4H3. The maximum Gasteiger partial charge on any atom is 0.00902 e. The van der Waals surface area contributed by atoms with Crippen molar-refractivity contribution in [2.45, 2.75) is 26.7 Å². The molecule has 0 heterocycles. The normalized spacial score (nSPS) is 47.8. The highest BCUT2D eigenvalue weighted by Crippen LogP contribution is 2.66. The summed E-state index contributed by atoms with van der Waals surface area (Å²) in [6, 6.07) is 0. The summed E-state index contributed by atoms with van der Waals surface area (Å²) in [7, 11) is 0. The van der Waals surface area contributed by atoms with E-state index in [4.69, 9.17) is 0 Å². The van der Waals surface area contributed by atoms with Crippen molar-refractivity contribution in [3.05, 3.63) is 24.3 Å². The molecule has 2 saturated carbocycles. The zero-order chi connectivity index (χ0) is 8.22. The van der Waals surface area contributed by atoms with Crippen LogP contribution in [-0.4, -0.2) is 0 Å². The lowest BCUT2D eigenvalue weighted by molar-refractivity contribution is 0.462. The largest absolute Gasteiger partial charge is 0.0987 e. The van der Waals surface area contributed by atoms with Crippen LogP contribution in [0.1, 0.15) is 26.7 Å². The summed E-state index contributed by atoms with van der Waals surface area (Å²) in [5.74, 6) is 1.62. The fraction of sp³-hybridized carbons (Fsp3) is 0.636. The first-order valence-corrected chi connectivity index (χ1v) is 4.49. The molecule has 0 aromatic rings. The lowest BCUT2D eigenvalue weighted by Gasteiger charge is -2.28.